The molecule has 9 heteroatoms. The molecule has 2 aliphatic heterocycles. The first-order valence-corrected chi connectivity index (χ1v) is 9.43. The van der Waals surface area contributed by atoms with Gasteiger partial charge in [0.2, 0.25) is 5.95 Å². The highest BCUT2D eigenvalue weighted by molar-refractivity contribution is 5.92. The van der Waals surface area contributed by atoms with Crippen LogP contribution in [0.25, 0.3) is 0 Å². The number of hydrogen-bond donors (Lipinski definition) is 3. The predicted molar refractivity (Wildman–Crippen MR) is 102 cm³/mol. The Kier molecular flexibility index (Phi) is 4.72. The molecule has 0 aliphatic carbocycles. The second-order valence-corrected chi connectivity index (χ2v) is 7.68. The maximum absolute atomic E-state index is 12.5. The van der Waals surface area contributed by atoms with Gasteiger partial charge in [0.25, 0.3) is 5.91 Å². The molecule has 2 aromatic heterocycles. The highest BCUT2D eigenvalue weighted by Crippen LogP contribution is 2.40. The monoisotopic (exact) mass is 387 g/mol. The SMILES string of the molecule is C[C@]1(NC(=O)c2ccco2)CCOC2(CCN(c3nccc(N)n3)CC2)[C@@H]1O. The average Bonchev–Trinajstić information content (AvgIpc) is 3.22. The normalized spacial score (nSPS) is 26.9. The smallest absolute Gasteiger partial charge is 0.287 e. The minimum absolute atomic E-state index is 0.225. The van der Waals surface area contributed by atoms with Gasteiger partial charge in [-0.3, -0.25) is 4.79 Å². The predicted octanol–water partition coefficient (Wildman–Crippen LogP) is 0.961. The summed E-state index contributed by atoms with van der Waals surface area (Å²) in [7, 11) is 0. The van der Waals surface area contributed by atoms with Crippen molar-refractivity contribution in [1.29, 1.82) is 0 Å². The van der Waals surface area contributed by atoms with E-state index in [2.05, 4.69) is 15.3 Å². The number of aliphatic hydroxyl groups excluding tert-OH is 1. The van der Waals surface area contributed by atoms with Gasteiger partial charge in [-0.05, 0) is 44.4 Å². The number of amides is 1. The van der Waals surface area contributed by atoms with Crippen LogP contribution in [0.15, 0.2) is 35.1 Å². The van der Waals surface area contributed by atoms with Gasteiger partial charge in [-0.1, -0.05) is 0 Å². The van der Waals surface area contributed by atoms with E-state index >= 15 is 0 Å². The Hall–Kier alpha value is -2.65. The maximum Gasteiger partial charge on any atom is 0.287 e. The summed E-state index contributed by atoms with van der Waals surface area (Å²) in [6.07, 6.45) is 3.95. The molecule has 0 radical (unpaired) electrons. The van der Waals surface area contributed by atoms with E-state index < -0.39 is 17.2 Å². The van der Waals surface area contributed by atoms with Gasteiger partial charge in [0.05, 0.1) is 17.4 Å². The molecule has 2 aromatic rings. The van der Waals surface area contributed by atoms with Crippen LogP contribution < -0.4 is 16.0 Å². The number of nitrogens with one attached hydrogen (secondary N) is 1. The maximum atomic E-state index is 12.5. The number of rotatable bonds is 3. The number of aliphatic hydroxyl groups is 1. The summed E-state index contributed by atoms with van der Waals surface area (Å²) >= 11 is 0. The molecule has 0 unspecified atom stereocenters. The van der Waals surface area contributed by atoms with Crippen molar-refractivity contribution in [3.05, 3.63) is 36.4 Å². The number of piperidine rings is 1. The summed E-state index contributed by atoms with van der Waals surface area (Å²) in [5, 5.41) is 14.2. The number of hydrogen-bond acceptors (Lipinski definition) is 8. The molecule has 2 fully saturated rings. The molecule has 4 rings (SSSR count). The standard InChI is InChI=1S/C19H25N5O4/c1-18(23-15(25)13-3-2-11-27-13)7-12-28-19(16(18)26)5-9-24(10-6-19)17-21-8-4-14(20)22-17/h2-4,8,11,16,26H,5-7,9-10,12H2,1H3,(H,23,25)(H2,20,21,22)/t16-,18+/m1/s1. The summed E-state index contributed by atoms with van der Waals surface area (Å²) < 4.78 is 11.2. The van der Waals surface area contributed by atoms with Crippen LogP contribution in [0.1, 0.15) is 36.7 Å². The van der Waals surface area contributed by atoms with Crippen molar-refractivity contribution < 1.29 is 19.1 Å². The summed E-state index contributed by atoms with van der Waals surface area (Å²) in [6.45, 7) is 3.57. The second kappa shape index (κ2) is 7.06. The molecule has 2 saturated heterocycles. The van der Waals surface area contributed by atoms with Gasteiger partial charge >= 0.3 is 0 Å². The highest BCUT2D eigenvalue weighted by Gasteiger charge is 2.54. The average molecular weight is 387 g/mol. The minimum Gasteiger partial charge on any atom is -0.459 e. The lowest BCUT2D eigenvalue weighted by molar-refractivity contribution is -0.195. The summed E-state index contributed by atoms with van der Waals surface area (Å²) in [6, 6.07) is 4.91. The van der Waals surface area contributed by atoms with E-state index in [1.54, 1.807) is 24.4 Å². The van der Waals surface area contributed by atoms with E-state index in [9.17, 15) is 9.90 Å². The summed E-state index contributed by atoms with van der Waals surface area (Å²) in [5.74, 6) is 0.887. The number of carbonyl (C=O) groups excluding carboxylic acids is 1. The first-order chi connectivity index (χ1) is 13.4. The zero-order valence-electron chi connectivity index (χ0n) is 15.8. The third-order valence-corrected chi connectivity index (χ3v) is 5.81. The van der Waals surface area contributed by atoms with Crippen molar-refractivity contribution >= 4 is 17.7 Å². The van der Waals surface area contributed by atoms with Crippen molar-refractivity contribution in [2.45, 2.75) is 43.4 Å². The molecule has 4 N–H and O–H groups in total. The fraction of sp³-hybridized carbons (Fsp3) is 0.526. The zero-order valence-corrected chi connectivity index (χ0v) is 15.8. The molecule has 1 amide bonds. The van der Waals surface area contributed by atoms with E-state index in [1.807, 2.05) is 11.8 Å². The fourth-order valence-corrected chi connectivity index (χ4v) is 4.14. The van der Waals surface area contributed by atoms with Crippen LogP contribution in [0, 0.1) is 0 Å². The molecular formula is C19H25N5O4. The number of carbonyl (C=O) groups is 1. The van der Waals surface area contributed by atoms with Crippen LogP contribution in [0.2, 0.25) is 0 Å². The van der Waals surface area contributed by atoms with Gasteiger partial charge in [0.1, 0.15) is 11.9 Å². The zero-order chi connectivity index (χ0) is 19.8. The topological polar surface area (TPSA) is 127 Å². The van der Waals surface area contributed by atoms with Gasteiger partial charge in [-0.2, -0.15) is 4.98 Å². The van der Waals surface area contributed by atoms with Gasteiger partial charge in [-0.25, -0.2) is 4.98 Å². The van der Waals surface area contributed by atoms with Gasteiger partial charge in [0, 0.05) is 25.9 Å². The van der Waals surface area contributed by atoms with E-state index in [-0.39, 0.29) is 11.7 Å². The molecule has 0 bridgehead atoms. The molecule has 28 heavy (non-hydrogen) atoms. The molecule has 150 valence electrons. The van der Waals surface area contributed by atoms with Crippen LogP contribution in [0.3, 0.4) is 0 Å². The van der Waals surface area contributed by atoms with Crippen LogP contribution >= 0.6 is 0 Å². The van der Waals surface area contributed by atoms with Gasteiger partial charge in [-0.15, -0.1) is 0 Å². The molecule has 4 heterocycles. The number of furan rings is 1. The van der Waals surface area contributed by atoms with Crippen LogP contribution in [-0.2, 0) is 4.74 Å². The third kappa shape index (κ3) is 3.31. The van der Waals surface area contributed by atoms with Gasteiger partial charge < -0.3 is 30.2 Å². The number of nitrogens with two attached hydrogens (primary N) is 1. The van der Waals surface area contributed by atoms with Crippen LogP contribution in [0.5, 0.6) is 0 Å². The highest BCUT2D eigenvalue weighted by atomic mass is 16.5. The van der Waals surface area contributed by atoms with E-state index in [0.717, 1.165) is 0 Å². The summed E-state index contributed by atoms with van der Waals surface area (Å²) in [4.78, 5) is 23.0. The Morgan fingerprint density at radius 1 is 1.36 bits per heavy atom. The quantitative estimate of drug-likeness (QED) is 0.711. The summed E-state index contributed by atoms with van der Waals surface area (Å²) in [5.41, 5.74) is 4.23. The van der Waals surface area contributed by atoms with Crippen LogP contribution in [-0.4, -0.2) is 57.9 Å². The van der Waals surface area contributed by atoms with Gasteiger partial charge in [0.15, 0.2) is 5.76 Å². The Morgan fingerprint density at radius 2 is 2.14 bits per heavy atom. The number of ether oxygens (including phenoxy) is 1. The number of nitrogen functional groups attached to an aromatic ring is 1. The molecule has 2 aliphatic rings. The third-order valence-electron chi connectivity index (χ3n) is 5.81. The lowest BCUT2D eigenvalue weighted by Crippen LogP contribution is -2.69. The lowest BCUT2D eigenvalue weighted by atomic mass is 9.73. The molecule has 0 aromatic carbocycles. The minimum atomic E-state index is -0.850. The van der Waals surface area contributed by atoms with Crippen molar-refractivity contribution in [2.75, 3.05) is 30.3 Å². The largest absolute Gasteiger partial charge is 0.459 e. The first-order valence-electron chi connectivity index (χ1n) is 9.43. The van der Waals surface area contributed by atoms with Crippen molar-refractivity contribution in [3.63, 3.8) is 0 Å². The van der Waals surface area contributed by atoms with Crippen molar-refractivity contribution in [1.82, 2.24) is 15.3 Å². The Labute approximate surface area is 162 Å². The molecule has 0 saturated carbocycles. The second-order valence-electron chi connectivity index (χ2n) is 7.68. The first kappa shape index (κ1) is 18.7. The number of nitrogens with zero attached hydrogens (tertiary/aromatic N) is 3. The van der Waals surface area contributed by atoms with E-state index in [1.165, 1.54) is 6.26 Å². The molecule has 9 nitrogen and oxygen atoms in total. The fourth-order valence-electron chi connectivity index (χ4n) is 4.14. The molecule has 1 spiro atoms. The lowest BCUT2D eigenvalue weighted by Gasteiger charge is -2.53. The van der Waals surface area contributed by atoms with Crippen LogP contribution in [0.4, 0.5) is 11.8 Å². The Balaban J connectivity index is 1.47. The Morgan fingerprint density at radius 3 is 2.82 bits per heavy atom. The van der Waals surface area contributed by atoms with Crippen molar-refractivity contribution in [3.8, 4) is 0 Å². The Bertz CT molecular complexity index is 835. The molecular weight excluding hydrogens is 362 g/mol. The van der Waals surface area contributed by atoms with Crippen molar-refractivity contribution in [2.24, 2.45) is 0 Å². The number of anilines is 2. The van der Waals surface area contributed by atoms with E-state index in [4.69, 9.17) is 14.9 Å². The number of aromatic nitrogens is 2. The molecule has 2 atom stereocenters. The van der Waals surface area contributed by atoms with E-state index in [0.29, 0.717) is 50.7 Å².